The Labute approximate surface area is 99.7 Å². The maximum Gasteiger partial charge on any atom is 0.0824 e. The number of allylic oxidation sites excluding steroid dienone is 2. The molecule has 0 aromatic rings. The first kappa shape index (κ1) is 13.7. The minimum absolute atomic E-state index is 0.431. The molecule has 3 unspecified atom stereocenters. The molecule has 1 fully saturated rings. The molecule has 0 amide bonds. The average molecular weight is 226 g/mol. The second-order valence-electron chi connectivity index (χ2n) is 5.85. The smallest absolute Gasteiger partial charge is 0.0824 e. The summed E-state index contributed by atoms with van der Waals surface area (Å²) in [6.45, 7) is 9.18. The first-order valence-corrected chi connectivity index (χ1v) is 6.35. The molecule has 2 nitrogen and oxygen atoms in total. The molecule has 2 heteroatoms. The third-order valence-corrected chi connectivity index (χ3v) is 3.21. The van der Waals surface area contributed by atoms with Gasteiger partial charge in [0.05, 0.1) is 18.8 Å². The second kappa shape index (κ2) is 5.83. The van der Waals surface area contributed by atoms with Gasteiger partial charge in [-0.3, -0.25) is 0 Å². The number of hydrogen-bond donors (Lipinski definition) is 1. The highest BCUT2D eigenvalue weighted by atomic mass is 16.5. The van der Waals surface area contributed by atoms with Gasteiger partial charge in [-0.25, -0.2) is 0 Å². The van der Waals surface area contributed by atoms with Crippen LogP contribution in [0.4, 0.5) is 0 Å². The fourth-order valence-corrected chi connectivity index (χ4v) is 2.58. The van der Waals surface area contributed by atoms with Crippen molar-refractivity contribution in [2.45, 2.75) is 46.1 Å². The molecule has 0 heterocycles. The van der Waals surface area contributed by atoms with Crippen molar-refractivity contribution in [3.05, 3.63) is 12.2 Å². The zero-order valence-corrected chi connectivity index (χ0v) is 11.1. The van der Waals surface area contributed by atoms with Crippen LogP contribution in [0.15, 0.2) is 12.2 Å². The van der Waals surface area contributed by atoms with Crippen molar-refractivity contribution in [2.75, 3.05) is 13.2 Å². The van der Waals surface area contributed by atoms with Gasteiger partial charge >= 0.3 is 0 Å². The van der Waals surface area contributed by atoms with Gasteiger partial charge in [0.1, 0.15) is 0 Å². The molecule has 1 rings (SSSR count). The summed E-state index contributed by atoms with van der Waals surface area (Å²) in [5.41, 5.74) is -0.708. The Hall–Kier alpha value is -0.340. The van der Waals surface area contributed by atoms with Crippen LogP contribution < -0.4 is 0 Å². The van der Waals surface area contributed by atoms with Crippen LogP contribution in [-0.2, 0) is 4.74 Å². The topological polar surface area (TPSA) is 29.5 Å². The second-order valence-corrected chi connectivity index (χ2v) is 5.85. The van der Waals surface area contributed by atoms with Gasteiger partial charge in [-0.15, -0.1) is 0 Å². The van der Waals surface area contributed by atoms with E-state index in [1.165, 1.54) is 12.8 Å². The van der Waals surface area contributed by atoms with Crippen LogP contribution in [0.25, 0.3) is 0 Å². The Bertz CT molecular complexity index is 227. The van der Waals surface area contributed by atoms with Crippen molar-refractivity contribution in [3.63, 3.8) is 0 Å². The van der Waals surface area contributed by atoms with E-state index in [0.29, 0.717) is 18.4 Å². The molecule has 1 aliphatic rings. The Morgan fingerprint density at radius 1 is 1.38 bits per heavy atom. The summed E-state index contributed by atoms with van der Waals surface area (Å²) in [5, 5.41) is 9.57. The summed E-state index contributed by atoms with van der Waals surface area (Å²) in [6.07, 6.45) is 6.98. The van der Waals surface area contributed by atoms with Gasteiger partial charge in [0.15, 0.2) is 0 Å². The van der Waals surface area contributed by atoms with Crippen molar-refractivity contribution >= 4 is 0 Å². The summed E-state index contributed by atoms with van der Waals surface area (Å²) in [4.78, 5) is 0. The van der Waals surface area contributed by atoms with Crippen LogP contribution >= 0.6 is 0 Å². The lowest BCUT2D eigenvalue weighted by atomic mass is 9.96. The van der Waals surface area contributed by atoms with E-state index in [0.717, 1.165) is 12.5 Å². The van der Waals surface area contributed by atoms with E-state index in [2.05, 4.69) is 26.0 Å². The SMILES string of the molecule is C/C=C/C1CC(C)CC1COCC(C)(C)O. The van der Waals surface area contributed by atoms with E-state index in [1.807, 2.05) is 0 Å². The Kier molecular flexibility index (Phi) is 5.00. The highest BCUT2D eigenvalue weighted by Gasteiger charge is 2.30. The van der Waals surface area contributed by atoms with Gasteiger partial charge in [0, 0.05) is 0 Å². The third kappa shape index (κ3) is 4.67. The maximum absolute atomic E-state index is 9.57. The van der Waals surface area contributed by atoms with Crippen LogP contribution in [-0.4, -0.2) is 23.9 Å². The quantitative estimate of drug-likeness (QED) is 0.730. The zero-order chi connectivity index (χ0) is 12.2. The molecule has 0 aromatic carbocycles. The third-order valence-electron chi connectivity index (χ3n) is 3.21. The molecule has 0 aliphatic heterocycles. The van der Waals surface area contributed by atoms with Gasteiger partial charge in [0.25, 0.3) is 0 Å². The van der Waals surface area contributed by atoms with Crippen molar-refractivity contribution in [1.29, 1.82) is 0 Å². The predicted molar refractivity (Wildman–Crippen MR) is 67.3 cm³/mol. The lowest BCUT2D eigenvalue weighted by Crippen LogP contribution is -2.28. The summed E-state index contributed by atoms with van der Waals surface area (Å²) >= 11 is 0. The molecule has 0 radical (unpaired) electrons. The van der Waals surface area contributed by atoms with Gasteiger partial charge < -0.3 is 9.84 Å². The molecule has 3 atom stereocenters. The molecule has 1 N–H and O–H groups in total. The first-order valence-electron chi connectivity index (χ1n) is 6.35. The van der Waals surface area contributed by atoms with Crippen LogP contribution in [0, 0.1) is 17.8 Å². The van der Waals surface area contributed by atoms with Crippen LogP contribution in [0.5, 0.6) is 0 Å². The Morgan fingerprint density at radius 2 is 2.06 bits per heavy atom. The monoisotopic (exact) mass is 226 g/mol. The van der Waals surface area contributed by atoms with Crippen LogP contribution in [0.2, 0.25) is 0 Å². The van der Waals surface area contributed by atoms with Crippen molar-refractivity contribution in [3.8, 4) is 0 Å². The highest BCUT2D eigenvalue weighted by molar-refractivity contribution is 4.95. The lowest BCUT2D eigenvalue weighted by molar-refractivity contribution is -0.0324. The molecule has 1 aliphatic carbocycles. The zero-order valence-electron chi connectivity index (χ0n) is 11.1. The van der Waals surface area contributed by atoms with Gasteiger partial charge in [-0.1, -0.05) is 19.1 Å². The molecule has 0 bridgehead atoms. The van der Waals surface area contributed by atoms with E-state index in [9.17, 15) is 5.11 Å². The van der Waals surface area contributed by atoms with E-state index < -0.39 is 5.60 Å². The van der Waals surface area contributed by atoms with Crippen molar-refractivity contribution < 1.29 is 9.84 Å². The maximum atomic E-state index is 9.57. The number of hydrogen-bond acceptors (Lipinski definition) is 2. The number of rotatable bonds is 5. The fourth-order valence-electron chi connectivity index (χ4n) is 2.58. The minimum Gasteiger partial charge on any atom is -0.388 e. The molecule has 94 valence electrons. The molecule has 0 aromatic heterocycles. The molecule has 16 heavy (non-hydrogen) atoms. The van der Waals surface area contributed by atoms with E-state index in [1.54, 1.807) is 13.8 Å². The van der Waals surface area contributed by atoms with E-state index in [4.69, 9.17) is 4.74 Å². The van der Waals surface area contributed by atoms with E-state index >= 15 is 0 Å². The summed E-state index contributed by atoms with van der Waals surface area (Å²) in [6, 6.07) is 0. The largest absolute Gasteiger partial charge is 0.388 e. The minimum atomic E-state index is -0.708. The van der Waals surface area contributed by atoms with Gasteiger partial charge in [-0.05, 0) is 51.4 Å². The molecular weight excluding hydrogens is 200 g/mol. The van der Waals surface area contributed by atoms with Crippen LogP contribution in [0.1, 0.15) is 40.5 Å². The van der Waals surface area contributed by atoms with Crippen molar-refractivity contribution in [2.24, 2.45) is 17.8 Å². The van der Waals surface area contributed by atoms with Crippen molar-refractivity contribution in [1.82, 2.24) is 0 Å². The Morgan fingerprint density at radius 3 is 2.62 bits per heavy atom. The summed E-state index contributed by atoms with van der Waals surface area (Å²) in [5.74, 6) is 2.10. The van der Waals surface area contributed by atoms with Crippen LogP contribution in [0.3, 0.4) is 0 Å². The fraction of sp³-hybridized carbons (Fsp3) is 0.857. The van der Waals surface area contributed by atoms with E-state index in [-0.39, 0.29) is 0 Å². The average Bonchev–Trinajstić information content (AvgIpc) is 2.45. The Balaban J connectivity index is 2.35. The van der Waals surface area contributed by atoms with Gasteiger partial charge in [-0.2, -0.15) is 0 Å². The normalized spacial score (nSPS) is 31.4. The predicted octanol–water partition coefficient (Wildman–Crippen LogP) is 3.01. The lowest BCUT2D eigenvalue weighted by Gasteiger charge is -2.21. The van der Waals surface area contributed by atoms with Gasteiger partial charge in [0.2, 0.25) is 0 Å². The number of aliphatic hydroxyl groups is 1. The molecule has 1 saturated carbocycles. The molecular formula is C14H26O2. The standard InChI is InChI=1S/C14H26O2/c1-5-6-12-7-11(2)8-13(12)9-16-10-14(3,4)15/h5-6,11-13,15H,7-10H2,1-4H3/b6-5+. The molecule has 0 saturated heterocycles. The first-order chi connectivity index (χ1) is 7.42. The highest BCUT2D eigenvalue weighted by Crippen LogP contribution is 2.37. The summed E-state index contributed by atoms with van der Waals surface area (Å²) in [7, 11) is 0. The molecule has 0 spiro atoms. The number of ether oxygens (including phenoxy) is 1. The summed E-state index contributed by atoms with van der Waals surface area (Å²) < 4.78 is 5.62.